The maximum absolute atomic E-state index is 12.0. The number of benzene rings is 1. The van der Waals surface area contributed by atoms with Gasteiger partial charge < -0.3 is 15.4 Å². The van der Waals surface area contributed by atoms with Crippen molar-refractivity contribution >= 4 is 5.96 Å². The van der Waals surface area contributed by atoms with E-state index >= 15 is 0 Å². The number of nitrogens with zero attached hydrogens (tertiary/aromatic N) is 1. The first-order chi connectivity index (χ1) is 10.8. The van der Waals surface area contributed by atoms with Crippen LogP contribution >= 0.6 is 0 Å². The van der Waals surface area contributed by atoms with Crippen LogP contribution in [0.2, 0.25) is 0 Å². The smallest absolute Gasteiger partial charge is 0.367 e. The monoisotopic (exact) mass is 331 g/mol. The number of rotatable bonds is 7. The zero-order chi connectivity index (χ0) is 17.3. The van der Waals surface area contributed by atoms with Crippen molar-refractivity contribution in [2.75, 3.05) is 20.2 Å². The van der Waals surface area contributed by atoms with Gasteiger partial charge in [-0.25, -0.2) is 0 Å². The molecule has 130 valence electrons. The Morgan fingerprint density at radius 3 is 2.26 bits per heavy atom. The van der Waals surface area contributed by atoms with Gasteiger partial charge in [0.1, 0.15) is 6.61 Å². The standard InChI is InChI=1S/C16H24F3N3O/c1-12(2)8-21-15(20-3)22-9-13-4-6-14(7-5-13)10-23-11-16(17,18)19/h4-7,12H,8-11H2,1-3H3,(H2,20,21,22). The maximum Gasteiger partial charge on any atom is 0.411 e. The van der Waals surface area contributed by atoms with E-state index in [2.05, 4.69) is 34.2 Å². The lowest BCUT2D eigenvalue weighted by Gasteiger charge is -2.13. The summed E-state index contributed by atoms with van der Waals surface area (Å²) in [7, 11) is 1.71. The average Bonchev–Trinajstić information content (AvgIpc) is 2.47. The van der Waals surface area contributed by atoms with Crippen molar-refractivity contribution in [3.05, 3.63) is 35.4 Å². The topological polar surface area (TPSA) is 45.7 Å². The van der Waals surface area contributed by atoms with Crippen molar-refractivity contribution in [1.82, 2.24) is 10.6 Å². The van der Waals surface area contributed by atoms with E-state index < -0.39 is 12.8 Å². The van der Waals surface area contributed by atoms with Gasteiger partial charge in [0.25, 0.3) is 0 Å². The van der Waals surface area contributed by atoms with Crippen LogP contribution in [0.15, 0.2) is 29.3 Å². The Morgan fingerprint density at radius 1 is 1.13 bits per heavy atom. The van der Waals surface area contributed by atoms with Crippen LogP contribution in [0.4, 0.5) is 13.2 Å². The first-order valence-corrected chi connectivity index (χ1v) is 7.47. The van der Waals surface area contributed by atoms with E-state index in [0.29, 0.717) is 18.0 Å². The molecule has 0 atom stereocenters. The second-order valence-corrected chi connectivity index (χ2v) is 5.62. The van der Waals surface area contributed by atoms with Gasteiger partial charge in [-0.15, -0.1) is 0 Å². The lowest BCUT2D eigenvalue weighted by Crippen LogP contribution is -2.38. The molecule has 0 bridgehead atoms. The van der Waals surface area contributed by atoms with Gasteiger partial charge in [-0.2, -0.15) is 13.2 Å². The molecular weight excluding hydrogens is 307 g/mol. The van der Waals surface area contributed by atoms with E-state index in [1.165, 1.54) is 0 Å². The van der Waals surface area contributed by atoms with Crippen LogP contribution < -0.4 is 10.6 Å². The molecule has 0 amide bonds. The fourth-order valence-electron chi connectivity index (χ4n) is 1.75. The molecule has 0 saturated carbocycles. The maximum atomic E-state index is 12.0. The van der Waals surface area contributed by atoms with Crippen LogP contribution in [0, 0.1) is 5.92 Å². The molecule has 0 heterocycles. The number of aliphatic imine (C=N–C) groups is 1. The van der Waals surface area contributed by atoms with Gasteiger partial charge in [0.15, 0.2) is 5.96 Å². The van der Waals surface area contributed by atoms with E-state index in [0.717, 1.165) is 18.1 Å². The summed E-state index contributed by atoms with van der Waals surface area (Å²) < 4.78 is 40.6. The normalized spacial score (nSPS) is 12.6. The Balaban J connectivity index is 2.38. The molecule has 23 heavy (non-hydrogen) atoms. The van der Waals surface area contributed by atoms with Crippen LogP contribution in [-0.2, 0) is 17.9 Å². The third-order valence-corrected chi connectivity index (χ3v) is 2.92. The summed E-state index contributed by atoms with van der Waals surface area (Å²) in [4.78, 5) is 4.12. The summed E-state index contributed by atoms with van der Waals surface area (Å²) in [6, 6.07) is 7.24. The van der Waals surface area contributed by atoms with Gasteiger partial charge in [0, 0.05) is 20.1 Å². The minimum atomic E-state index is -4.29. The fourth-order valence-corrected chi connectivity index (χ4v) is 1.75. The largest absolute Gasteiger partial charge is 0.411 e. The van der Waals surface area contributed by atoms with Crippen molar-refractivity contribution in [2.45, 2.75) is 33.2 Å². The predicted molar refractivity (Wildman–Crippen MR) is 85.2 cm³/mol. The highest BCUT2D eigenvalue weighted by atomic mass is 19.4. The first-order valence-electron chi connectivity index (χ1n) is 7.47. The van der Waals surface area contributed by atoms with E-state index in [1.807, 2.05) is 12.1 Å². The summed E-state index contributed by atoms with van der Waals surface area (Å²) in [5.41, 5.74) is 1.72. The molecular formula is C16H24F3N3O. The number of guanidine groups is 1. The Bertz CT molecular complexity index is 484. The summed E-state index contributed by atoms with van der Waals surface area (Å²) in [5.74, 6) is 1.24. The summed E-state index contributed by atoms with van der Waals surface area (Å²) in [6.07, 6.45) is -4.29. The third kappa shape index (κ3) is 9.07. The minimum Gasteiger partial charge on any atom is -0.367 e. The average molecular weight is 331 g/mol. The van der Waals surface area contributed by atoms with Crippen LogP contribution in [-0.4, -0.2) is 32.3 Å². The van der Waals surface area contributed by atoms with E-state index in [4.69, 9.17) is 0 Å². The van der Waals surface area contributed by atoms with E-state index in [-0.39, 0.29) is 6.61 Å². The highest BCUT2D eigenvalue weighted by Crippen LogP contribution is 2.15. The molecule has 0 fully saturated rings. The summed E-state index contributed by atoms with van der Waals surface area (Å²) in [5, 5.41) is 6.39. The van der Waals surface area contributed by atoms with E-state index in [9.17, 15) is 13.2 Å². The Hall–Kier alpha value is -1.76. The van der Waals surface area contributed by atoms with Gasteiger partial charge in [-0.05, 0) is 17.0 Å². The molecule has 0 saturated heterocycles. The van der Waals surface area contributed by atoms with Crippen molar-refractivity contribution in [1.29, 1.82) is 0 Å². The van der Waals surface area contributed by atoms with Crippen molar-refractivity contribution in [3.63, 3.8) is 0 Å². The number of hydrogen-bond donors (Lipinski definition) is 2. The van der Waals surface area contributed by atoms with Crippen molar-refractivity contribution in [3.8, 4) is 0 Å². The molecule has 1 rings (SSSR count). The molecule has 0 aromatic heterocycles. The number of hydrogen-bond acceptors (Lipinski definition) is 2. The lowest BCUT2D eigenvalue weighted by molar-refractivity contribution is -0.176. The Kier molecular flexibility index (Phi) is 7.88. The van der Waals surface area contributed by atoms with Crippen LogP contribution in [0.3, 0.4) is 0 Å². The van der Waals surface area contributed by atoms with Crippen molar-refractivity contribution in [2.24, 2.45) is 10.9 Å². The first kappa shape index (κ1) is 19.3. The predicted octanol–water partition coefficient (Wildman–Crippen LogP) is 3.09. The number of ether oxygens (including phenoxy) is 1. The van der Waals surface area contributed by atoms with Crippen LogP contribution in [0.1, 0.15) is 25.0 Å². The van der Waals surface area contributed by atoms with E-state index in [1.54, 1.807) is 19.2 Å². The summed E-state index contributed by atoms with van der Waals surface area (Å²) >= 11 is 0. The number of nitrogens with one attached hydrogen (secondary N) is 2. The second kappa shape index (κ2) is 9.39. The molecule has 0 aliphatic heterocycles. The van der Waals surface area contributed by atoms with Gasteiger partial charge in [0.2, 0.25) is 0 Å². The zero-order valence-electron chi connectivity index (χ0n) is 13.7. The van der Waals surface area contributed by atoms with Gasteiger partial charge in [0.05, 0.1) is 6.61 Å². The van der Waals surface area contributed by atoms with Gasteiger partial charge >= 0.3 is 6.18 Å². The molecule has 2 N–H and O–H groups in total. The molecule has 1 aromatic carbocycles. The third-order valence-electron chi connectivity index (χ3n) is 2.92. The quantitative estimate of drug-likeness (QED) is 0.596. The molecule has 0 aliphatic rings. The number of halogens is 3. The fraction of sp³-hybridized carbons (Fsp3) is 0.562. The molecule has 0 unspecified atom stereocenters. The molecule has 0 aliphatic carbocycles. The van der Waals surface area contributed by atoms with Crippen LogP contribution in [0.25, 0.3) is 0 Å². The molecule has 0 radical (unpaired) electrons. The summed E-state index contributed by atoms with van der Waals surface area (Å²) in [6.45, 7) is 4.36. The van der Waals surface area contributed by atoms with Crippen LogP contribution in [0.5, 0.6) is 0 Å². The lowest BCUT2D eigenvalue weighted by atomic mass is 10.1. The van der Waals surface area contributed by atoms with Gasteiger partial charge in [-0.3, -0.25) is 4.99 Å². The SMILES string of the molecule is CN=C(NCc1ccc(COCC(F)(F)F)cc1)NCC(C)C. The zero-order valence-corrected chi connectivity index (χ0v) is 13.7. The molecule has 7 heteroatoms. The molecule has 0 spiro atoms. The Labute approximate surface area is 135 Å². The Morgan fingerprint density at radius 2 is 1.74 bits per heavy atom. The van der Waals surface area contributed by atoms with Crippen molar-refractivity contribution < 1.29 is 17.9 Å². The number of alkyl halides is 3. The van der Waals surface area contributed by atoms with Gasteiger partial charge in [-0.1, -0.05) is 38.1 Å². The minimum absolute atomic E-state index is 0.0508. The second-order valence-electron chi connectivity index (χ2n) is 5.62. The molecule has 1 aromatic rings. The highest BCUT2D eigenvalue weighted by Gasteiger charge is 2.27. The molecule has 4 nitrogen and oxygen atoms in total. The highest BCUT2D eigenvalue weighted by molar-refractivity contribution is 5.79.